The highest BCUT2D eigenvalue weighted by molar-refractivity contribution is 7.85. The zero-order valence-electron chi connectivity index (χ0n) is 32.4. The number of unbranched alkanes of at least 4 members (excludes halogenated alkanes) is 14. The molecular weight excluding hydrogens is 704 g/mol. The lowest BCUT2D eigenvalue weighted by Crippen LogP contribution is -2.60. The van der Waals surface area contributed by atoms with Gasteiger partial charge in [-0.2, -0.15) is 8.42 Å². The summed E-state index contributed by atoms with van der Waals surface area (Å²) in [6.07, 6.45) is 23.5. The SMILES string of the molecule is CCCCC/C=C/C/C=C/C/C=C/CCCCC(=O)OC[C@H](CO[C@H]1O[C@H](CS(=O)(=O)O)[C@@H](O)C(O)C1O)OC(=O)CCCCCCCCCCCC. The first-order chi connectivity index (χ1) is 25.5. The van der Waals surface area contributed by atoms with Crippen LogP contribution in [0.2, 0.25) is 0 Å². The predicted molar refractivity (Wildman–Crippen MR) is 206 cm³/mol. The van der Waals surface area contributed by atoms with Gasteiger partial charge >= 0.3 is 11.9 Å². The third-order valence-corrected chi connectivity index (χ3v) is 9.72. The highest BCUT2D eigenvalue weighted by atomic mass is 32.2. The van der Waals surface area contributed by atoms with Crippen molar-refractivity contribution in [3.63, 3.8) is 0 Å². The first kappa shape index (κ1) is 48.9. The van der Waals surface area contributed by atoms with Gasteiger partial charge in [-0.05, 0) is 51.4 Å². The van der Waals surface area contributed by atoms with Crippen LogP contribution in [0.5, 0.6) is 0 Å². The number of carbonyl (C=O) groups is 2. The molecule has 0 saturated carbocycles. The Morgan fingerprint density at radius 3 is 1.72 bits per heavy atom. The largest absolute Gasteiger partial charge is 0.462 e. The van der Waals surface area contributed by atoms with Crippen molar-refractivity contribution >= 4 is 22.1 Å². The van der Waals surface area contributed by atoms with Gasteiger partial charge in [0.15, 0.2) is 12.4 Å². The lowest BCUT2D eigenvalue weighted by Gasteiger charge is -2.40. The summed E-state index contributed by atoms with van der Waals surface area (Å²) in [4.78, 5) is 25.2. The number of hydrogen-bond donors (Lipinski definition) is 4. The average Bonchev–Trinajstić information content (AvgIpc) is 3.12. The van der Waals surface area contributed by atoms with Crippen LogP contribution in [0.15, 0.2) is 36.5 Å². The van der Waals surface area contributed by atoms with Crippen molar-refractivity contribution in [1.82, 2.24) is 0 Å². The molecule has 13 heteroatoms. The summed E-state index contributed by atoms with van der Waals surface area (Å²) in [5, 5.41) is 30.7. The summed E-state index contributed by atoms with van der Waals surface area (Å²) in [7, 11) is -4.60. The zero-order valence-corrected chi connectivity index (χ0v) is 33.2. The van der Waals surface area contributed by atoms with Crippen LogP contribution < -0.4 is 0 Å². The van der Waals surface area contributed by atoms with E-state index in [1.165, 1.54) is 57.8 Å². The van der Waals surface area contributed by atoms with E-state index >= 15 is 0 Å². The fourth-order valence-electron chi connectivity index (χ4n) is 5.80. The van der Waals surface area contributed by atoms with Crippen molar-refractivity contribution in [1.29, 1.82) is 0 Å². The Bertz CT molecular complexity index is 1140. The van der Waals surface area contributed by atoms with Crippen molar-refractivity contribution in [2.75, 3.05) is 19.0 Å². The Morgan fingerprint density at radius 1 is 0.642 bits per heavy atom. The second kappa shape index (κ2) is 31.1. The van der Waals surface area contributed by atoms with E-state index in [0.29, 0.717) is 12.8 Å². The van der Waals surface area contributed by atoms with E-state index in [4.69, 9.17) is 18.9 Å². The maximum absolute atomic E-state index is 12.7. The zero-order chi connectivity index (χ0) is 39.2. The summed E-state index contributed by atoms with van der Waals surface area (Å²) in [5.74, 6) is -2.04. The molecule has 1 heterocycles. The summed E-state index contributed by atoms with van der Waals surface area (Å²) in [6.45, 7) is 3.65. The number of esters is 2. The molecule has 2 unspecified atom stereocenters. The van der Waals surface area contributed by atoms with Gasteiger partial charge in [-0.3, -0.25) is 14.1 Å². The molecule has 6 atom stereocenters. The molecule has 1 rings (SSSR count). The Labute approximate surface area is 319 Å². The number of aliphatic hydroxyl groups is 3. The normalized spacial score (nSPS) is 21.5. The van der Waals surface area contributed by atoms with E-state index in [1.807, 2.05) is 0 Å². The molecular formula is C40H70O12S. The van der Waals surface area contributed by atoms with Crippen LogP contribution in [-0.4, -0.2) is 96.0 Å². The van der Waals surface area contributed by atoms with Crippen LogP contribution in [0.25, 0.3) is 0 Å². The van der Waals surface area contributed by atoms with Crippen LogP contribution in [0.3, 0.4) is 0 Å². The first-order valence-electron chi connectivity index (χ1n) is 20.0. The fraction of sp³-hybridized carbons (Fsp3) is 0.800. The molecule has 0 radical (unpaired) electrons. The predicted octanol–water partition coefficient (Wildman–Crippen LogP) is 7.05. The smallest absolute Gasteiger partial charge is 0.306 e. The van der Waals surface area contributed by atoms with E-state index < -0.39 is 71.2 Å². The Kier molecular flexibility index (Phi) is 28.7. The summed E-state index contributed by atoms with van der Waals surface area (Å²) >= 11 is 0. The number of ether oxygens (including phenoxy) is 4. The maximum Gasteiger partial charge on any atom is 0.306 e. The third kappa shape index (κ3) is 26.3. The van der Waals surface area contributed by atoms with Crippen molar-refractivity contribution in [2.45, 2.75) is 185 Å². The minimum absolute atomic E-state index is 0.157. The van der Waals surface area contributed by atoms with Gasteiger partial charge in [0.1, 0.15) is 36.8 Å². The number of carbonyl (C=O) groups excluding carboxylic acids is 2. The van der Waals surface area contributed by atoms with Crippen LogP contribution in [0.4, 0.5) is 0 Å². The molecule has 0 aromatic carbocycles. The number of allylic oxidation sites excluding steroid dienone is 6. The Morgan fingerprint density at radius 2 is 1.13 bits per heavy atom. The van der Waals surface area contributed by atoms with Gasteiger partial charge in [0.05, 0.1) is 6.61 Å². The second-order valence-electron chi connectivity index (χ2n) is 14.0. The van der Waals surface area contributed by atoms with E-state index in [0.717, 1.165) is 51.4 Å². The molecule has 4 N–H and O–H groups in total. The molecule has 1 fully saturated rings. The number of aliphatic hydroxyl groups excluding tert-OH is 3. The van der Waals surface area contributed by atoms with Gasteiger partial charge in [0.25, 0.3) is 10.1 Å². The standard InChI is InChI=1S/C40H70O12S/c1-3-5-7-9-11-13-15-16-17-18-19-21-22-24-26-28-35(41)49-30-33(51-36(42)29-27-25-23-20-14-12-10-8-6-4-2)31-50-40-39(45)38(44)37(43)34(52-40)32-53(46,47)48/h11,13,16-17,19,21,33-34,37-40,43-45H,3-10,12,14-15,18,20,22-32H2,1-2H3,(H,46,47,48)/b13-11+,17-16+,21-19+/t33-,34-,37-,38?,39?,40+/m1/s1. The highest BCUT2D eigenvalue weighted by Crippen LogP contribution is 2.24. The minimum atomic E-state index is -4.60. The molecule has 1 aliphatic heterocycles. The van der Waals surface area contributed by atoms with E-state index in [1.54, 1.807) is 0 Å². The van der Waals surface area contributed by atoms with E-state index in [2.05, 4.69) is 50.3 Å². The molecule has 0 aliphatic carbocycles. The number of rotatable bonds is 32. The Hall–Kier alpha value is -2.13. The van der Waals surface area contributed by atoms with E-state index in [9.17, 15) is 37.9 Å². The minimum Gasteiger partial charge on any atom is -0.462 e. The molecule has 0 spiro atoms. The lowest BCUT2D eigenvalue weighted by molar-refractivity contribution is -0.297. The number of hydrogen-bond acceptors (Lipinski definition) is 11. The molecule has 1 aliphatic rings. The average molecular weight is 775 g/mol. The van der Waals surface area contributed by atoms with Crippen molar-refractivity contribution in [2.24, 2.45) is 0 Å². The van der Waals surface area contributed by atoms with Gasteiger partial charge < -0.3 is 34.3 Å². The van der Waals surface area contributed by atoms with Gasteiger partial charge in [-0.1, -0.05) is 121 Å². The van der Waals surface area contributed by atoms with Crippen molar-refractivity contribution < 1.29 is 56.8 Å². The molecule has 0 amide bonds. The van der Waals surface area contributed by atoms with Gasteiger partial charge in [0.2, 0.25) is 0 Å². The molecule has 308 valence electrons. The van der Waals surface area contributed by atoms with E-state index in [-0.39, 0.29) is 19.4 Å². The van der Waals surface area contributed by atoms with Crippen LogP contribution >= 0.6 is 0 Å². The monoisotopic (exact) mass is 774 g/mol. The quantitative estimate of drug-likeness (QED) is 0.0237. The molecule has 0 aromatic heterocycles. The summed E-state index contributed by atoms with van der Waals surface area (Å²) in [5.41, 5.74) is 0. The van der Waals surface area contributed by atoms with Crippen LogP contribution in [-0.2, 0) is 38.7 Å². The van der Waals surface area contributed by atoms with Gasteiger partial charge in [-0.15, -0.1) is 0 Å². The molecule has 12 nitrogen and oxygen atoms in total. The second-order valence-corrected chi connectivity index (χ2v) is 15.4. The molecule has 0 bridgehead atoms. The van der Waals surface area contributed by atoms with Crippen molar-refractivity contribution in [3.05, 3.63) is 36.5 Å². The fourth-order valence-corrected chi connectivity index (χ4v) is 6.49. The van der Waals surface area contributed by atoms with Gasteiger partial charge in [0, 0.05) is 12.8 Å². The summed E-state index contributed by atoms with van der Waals surface area (Å²) in [6, 6.07) is 0. The Balaban J connectivity index is 2.53. The molecule has 0 aromatic rings. The third-order valence-electron chi connectivity index (χ3n) is 8.97. The lowest BCUT2D eigenvalue weighted by atomic mass is 10.00. The van der Waals surface area contributed by atoms with Crippen molar-refractivity contribution in [3.8, 4) is 0 Å². The van der Waals surface area contributed by atoms with Crippen LogP contribution in [0, 0.1) is 0 Å². The molecule has 1 saturated heterocycles. The molecule has 53 heavy (non-hydrogen) atoms. The highest BCUT2D eigenvalue weighted by Gasteiger charge is 2.46. The van der Waals surface area contributed by atoms with Gasteiger partial charge in [-0.25, -0.2) is 0 Å². The van der Waals surface area contributed by atoms with Crippen LogP contribution in [0.1, 0.15) is 149 Å². The first-order valence-corrected chi connectivity index (χ1v) is 21.7. The summed E-state index contributed by atoms with van der Waals surface area (Å²) < 4.78 is 53.8. The maximum atomic E-state index is 12.7. The topological polar surface area (TPSA) is 186 Å².